The molecule has 0 bridgehead atoms. The smallest absolute Gasteiger partial charge is 0.191 e. The third-order valence-electron chi connectivity index (χ3n) is 4.08. The van der Waals surface area contributed by atoms with E-state index in [1.165, 1.54) is 0 Å². The van der Waals surface area contributed by atoms with Gasteiger partial charge in [-0.2, -0.15) is 0 Å². The molecule has 3 aromatic rings. The maximum atomic E-state index is 6.22. The zero-order valence-electron chi connectivity index (χ0n) is 15.7. The fraction of sp³-hybridized carbons (Fsp3) is 0.368. The summed E-state index contributed by atoms with van der Waals surface area (Å²) in [6.07, 6.45) is 0. The van der Waals surface area contributed by atoms with Crippen LogP contribution in [-0.2, 0) is 37.2 Å². The lowest BCUT2D eigenvalue weighted by Gasteiger charge is -2.14. The van der Waals surface area contributed by atoms with Gasteiger partial charge in [-0.05, 0) is 30.8 Å². The molecular weight excluding hydrogens is 384 g/mol. The molecule has 0 atom stereocenters. The van der Waals surface area contributed by atoms with Gasteiger partial charge in [0.15, 0.2) is 5.16 Å². The van der Waals surface area contributed by atoms with E-state index in [9.17, 15) is 0 Å². The van der Waals surface area contributed by atoms with Crippen molar-refractivity contribution in [3.05, 3.63) is 64.3 Å². The van der Waals surface area contributed by atoms with E-state index < -0.39 is 0 Å². The quantitative estimate of drug-likeness (QED) is 0.498. The largest absolute Gasteiger partial charge is 0.462 e. The van der Waals surface area contributed by atoms with E-state index in [1.807, 2.05) is 55.1 Å². The van der Waals surface area contributed by atoms with Gasteiger partial charge in [-0.25, -0.2) is 0 Å². The third kappa shape index (κ3) is 5.35. The Morgan fingerprint density at radius 3 is 2.70 bits per heavy atom. The Balaban J connectivity index is 1.56. The van der Waals surface area contributed by atoms with Crippen molar-refractivity contribution < 1.29 is 9.15 Å². The fourth-order valence-corrected chi connectivity index (χ4v) is 3.87. The predicted octanol–water partition coefficient (Wildman–Crippen LogP) is 4.13. The van der Waals surface area contributed by atoms with Gasteiger partial charge in [-0.1, -0.05) is 41.6 Å². The standard InChI is InChI=1S/C19H23ClN4O2S/c1-23(10-15-8-9-16(26-15)12-25-3)11-18-21-22-19(24(18)2)27-13-14-6-4-5-7-17(14)20/h4-9H,10-13H2,1-3H3. The van der Waals surface area contributed by atoms with Gasteiger partial charge < -0.3 is 13.7 Å². The van der Waals surface area contributed by atoms with Gasteiger partial charge in [0.25, 0.3) is 0 Å². The first kappa shape index (κ1) is 19.9. The molecule has 2 aromatic heterocycles. The van der Waals surface area contributed by atoms with Crippen molar-refractivity contribution in [3.63, 3.8) is 0 Å². The zero-order chi connectivity index (χ0) is 19.2. The Bertz CT molecular complexity index is 880. The van der Waals surface area contributed by atoms with Crippen molar-refractivity contribution in [3.8, 4) is 0 Å². The van der Waals surface area contributed by atoms with Crippen molar-refractivity contribution in [1.29, 1.82) is 0 Å². The van der Waals surface area contributed by atoms with E-state index in [0.717, 1.165) is 38.8 Å². The average molecular weight is 407 g/mol. The van der Waals surface area contributed by atoms with Crippen LogP contribution in [0.25, 0.3) is 0 Å². The fourth-order valence-electron chi connectivity index (χ4n) is 2.66. The Morgan fingerprint density at radius 2 is 1.93 bits per heavy atom. The monoisotopic (exact) mass is 406 g/mol. The Kier molecular flexibility index (Phi) is 6.95. The lowest BCUT2D eigenvalue weighted by atomic mass is 10.2. The summed E-state index contributed by atoms with van der Waals surface area (Å²) >= 11 is 7.85. The van der Waals surface area contributed by atoms with Crippen LogP contribution >= 0.6 is 23.4 Å². The molecule has 0 radical (unpaired) electrons. The number of rotatable bonds is 9. The van der Waals surface area contributed by atoms with Gasteiger partial charge in [0.2, 0.25) is 0 Å². The summed E-state index contributed by atoms with van der Waals surface area (Å²) in [5.74, 6) is 3.40. The van der Waals surface area contributed by atoms with Gasteiger partial charge in [-0.3, -0.25) is 4.90 Å². The first-order chi connectivity index (χ1) is 13.1. The summed E-state index contributed by atoms with van der Waals surface area (Å²) in [4.78, 5) is 2.14. The molecule has 0 saturated carbocycles. The van der Waals surface area contributed by atoms with Crippen molar-refractivity contribution in [1.82, 2.24) is 19.7 Å². The molecule has 6 nitrogen and oxygen atoms in total. The number of hydrogen-bond donors (Lipinski definition) is 0. The summed E-state index contributed by atoms with van der Waals surface area (Å²) in [6.45, 7) is 1.86. The molecule has 0 unspecified atom stereocenters. The summed E-state index contributed by atoms with van der Waals surface area (Å²) in [6, 6.07) is 11.8. The highest BCUT2D eigenvalue weighted by Gasteiger charge is 2.13. The molecule has 0 fully saturated rings. The number of nitrogens with zero attached hydrogens (tertiary/aromatic N) is 4. The lowest BCUT2D eigenvalue weighted by Crippen LogP contribution is -2.19. The molecule has 27 heavy (non-hydrogen) atoms. The molecule has 0 N–H and O–H groups in total. The topological polar surface area (TPSA) is 56.3 Å². The highest BCUT2D eigenvalue weighted by molar-refractivity contribution is 7.98. The summed E-state index contributed by atoms with van der Waals surface area (Å²) in [5.41, 5.74) is 1.09. The van der Waals surface area contributed by atoms with Gasteiger partial charge >= 0.3 is 0 Å². The number of hydrogen-bond acceptors (Lipinski definition) is 6. The molecule has 0 aliphatic carbocycles. The van der Waals surface area contributed by atoms with Crippen LogP contribution < -0.4 is 0 Å². The van der Waals surface area contributed by atoms with Gasteiger partial charge in [0, 0.05) is 24.9 Å². The maximum absolute atomic E-state index is 6.22. The molecule has 1 aromatic carbocycles. The minimum Gasteiger partial charge on any atom is -0.462 e. The van der Waals surface area contributed by atoms with Crippen molar-refractivity contribution in [2.45, 2.75) is 30.6 Å². The van der Waals surface area contributed by atoms with Crippen molar-refractivity contribution in [2.75, 3.05) is 14.2 Å². The van der Waals surface area contributed by atoms with Crippen LogP contribution in [0.3, 0.4) is 0 Å². The van der Waals surface area contributed by atoms with Gasteiger partial charge in [-0.15, -0.1) is 10.2 Å². The number of furan rings is 1. The molecule has 0 aliphatic heterocycles. The summed E-state index contributed by atoms with van der Waals surface area (Å²) in [7, 11) is 5.68. The van der Waals surface area contributed by atoms with Crippen LogP contribution in [0.5, 0.6) is 0 Å². The van der Waals surface area contributed by atoms with E-state index in [-0.39, 0.29) is 0 Å². The molecule has 0 aliphatic rings. The average Bonchev–Trinajstić information content (AvgIpc) is 3.22. The SMILES string of the molecule is COCc1ccc(CN(C)Cc2nnc(SCc3ccccc3Cl)n2C)o1. The molecule has 0 spiro atoms. The lowest BCUT2D eigenvalue weighted by molar-refractivity contribution is 0.160. The number of thioether (sulfide) groups is 1. The van der Waals surface area contributed by atoms with Crippen molar-refractivity contribution in [2.24, 2.45) is 7.05 Å². The van der Waals surface area contributed by atoms with Crippen molar-refractivity contribution >= 4 is 23.4 Å². The van der Waals surface area contributed by atoms with E-state index in [4.69, 9.17) is 20.8 Å². The van der Waals surface area contributed by atoms with Crippen LogP contribution in [0.2, 0.25) is 5.02 Å². The molecule has 8 heteroatoms. The molecule has 0 amide bonds. The normalized spacial score (nSPS) is 11.4. The van der Waals surface area contributed by atoms with Gasteiger partial charge in [0.1, 0.15) is 24.0 Å². The number of halogens is 1. The first-order valence-corrected chi connectivity index (χ1v) is 9.92. The van der Waals surface area contributed by atoms with Crippen LogP contribution in [-0.4, -0.2) is 33.8 Å². The van der Waals surface area contributed by atoms with Crippen LogP contribution in [0, 0.1) is 0 Å². The number of aromatic nitrogens is 3. The molecule has 144 valence electrons. The number of ether oxygens (including phenoxy) is 1. The Hall–Kier alpha value is -1.80. The number of methoxy groups -OCH3 is 1. The number of benzene rings is 1. The minimum atomic E-state index is 0.485. The predicted molar refractivity (Wildman–Crippen MR) is 107 cm³/mol. The van der Waals surface area contributed by atoms with Crippen LogP contribution in [0.15, 0.2) is 46.0 Å². The third-order valence-corrected chi connectivity index (χ3v) is 5.52. The second-order valence-corrected chi connectivity index (χ2v) is 7.66. The Labute approximate surface area is 168 Å². The summed E-state index contributed by atoms with van der Waals surface area (Å²) < 4.78 is 12.8. The molecule has 2 heterocycles. The Morgan fingerprint density at radius 1 is 1.15 bits per heavy atom. The molecule has 0 saturated heterocycles. The second-order valence-electron chi connectivity index (χ2n) is 6.31. The van der Waals surface area contributed by atoms with E-state index >= 15 is 0 Å². The van der Waals surface area contributed by atoms with E-state index in [2.05, 4.69) is 15.1 Å². The van der Waals surface area contributed by atoms with E-state index in [1.54, 1.807) is 18.9 Å². The zero-order valence-corrected chi connectivity index (χ0v) is 17.3. The van der Waals surface area contributed by atoms with Gasteiger partial charge in [0.05, 0.1) is 13.1 Å². The molecular formula is C19H23ClN4O2S. The highest BCUT2D eigenvalue weighted by atomic mass is 35.5. The van der Waals surface area contributed by atoms with Crippen LogP contribution in [0.1, 0.15) is 22.9 Å². The summed E-state index contributed by atoms with van der Waals surface area (Å²) in [5, 5.41) is 10.3. The molecule has 3 rings (SSSR count). The maximum Gasteiger partial charge on any atom is 0.191 e. The van der Waals surface area contributed by atoms with Crippen LogP contribution in [0.4, 0.5) is 0 Å². The second kappa shape index (κ2) is 9.41. The van der Waals surface area contributed by atoms with E-state index in [0.29, 0.717) is 19.7 Å². The minimum absolute atomic E-state index is 0.485. The highest BCUT2D eigenvalue weighted by Crippen LogP contribution is 2.25. The first-order valence-electron chi connectivity index (χ1n) is 8.56.